The second kappa shape index (κ2) is 19.2. The number of benzene rings is 5. The number of fused-ring (bicyclic) bond motifs is 1. The van der Waals surface area contributed by atoms with Gasteiger partial charge in [0.15, 0.2) is 6.61 Å². The minimum absolute atomic E-state index is 0.496. The van der Waals surface area contributed by atoms with Gasteiger partial charge in [0.25, 0.3) is 5.52 Å². The average molecular weight is 1070 g/mol. The third kappa shape index (κ3) is 12.7. The first kappa shape index (κ1) is 55.9. The standard InChI is InChI=1S/C32H12BF24.C11H11ClNO/c34-25(35,36)13-1-14(26(37,38)39)6-21(5-13)33(22-7-15(27(40,41)42)2-16(8-22)28(43,44)45,23-9-17(29(46,47)48)3-18(10-23)30(49,50)51)24-11-19(31(52,53)54)4-20(12-24)32(55,56)57;12-7-9-14-13-8-3-5-10-4-1-2-6-11(10)13/h1-12H;1-6,8H,7,9H2/q-1;+1. The summed E-state index contributed by atoms with van der Waals surface area (Å²) >= 11 is 5.56. The van der Waals surface area contributed by atoms with Crippen molar-refractivity contribution in [2.24, 2.45) is 0 Å². The molecule has 2 nitrogen and oxygen atoms in total. The molecular formula is C43H23BClF24NO. The highest BCUT2D eigenvalue weighted by Gasteiger charge is 2.47. The number of alkyl halides is 25. The van der Waals surface area contributed by atoms with Gasteiger partial charge in [-0.25, -0.2) is 0 Å². The van der Waals surface area contributed by atoms with Gasteiger partial charge in [-0.3, -0.25) is 4.84 Å². The summed E-state index contributed by atoms with van der Waals surface area (Å²) in [6, 6.07) is 3.26. The third-order valence-corrected chi connectivity index (χ3v) is 10.6. The number of hydrogen-bond acceptors (Lipinski definition) is 1. The van der Waals surface area contributed by atoms with E-state index in [0.29, 0.717) is 12.5 Å². The summed E-state index contributed by atoms with van der Waals surface area (Å²) in [5, 5.41) is 1.16. The average Bonchev–Trinajstić information content (AvgIpc) is 3.23. The van der Waals surface area contributed by atoms with Gasteiger partial charge in [0, 0.05) is 16.9 Å². The van der Waals surface area contributed by atoms with Gasteiger partial charge in [-0.05, 0) is 36.4 Å². The van der Waals surface area contributed by atoms with Gasteiger partial charge in [-0.2, -0.15) is 127 Å². The fourth-order valence-corrected chi connectivity index (χ4v) is 7.52. The predicted molar refractivity (Wildman–Crippen MR) is 206 cm³/mol. The van der Waals surface area contributed by atoms with Gasteiger partial charge in [0.05, 0.1) is 55.8 Å². The summed E-state index contributed by atoms with van der Waals surface area (Å²) in [5.41, 5.74) is -29.1. The van der Waals surface area contributed by atoms with Gasteiger partial charge >= 0.3 is 49.4 Å². The SMILES string of the molecule is ClCCO[n+]1cccc2ccccc21.FC(F)(F)c1cc([B-](c2cc(C(F)(F)F)cc(C(F)(F)F)c2)(c2cc(C(F)(F)F)cc(C(F)(F)F)c2)c2cc(C(F)(F)F)cc(C(F)(F)F)c2)cc(C(F)(F)F)c1. The van der Waals surface area contributed by atoms with Gasteiger partial charge in [-0.15, -0.1) is 11.6 Å². The van der Waals surface area contributed by atoms with E-state index in [1.807, 2.05) is 30.5 Å². The molecule has 1 aromatic heterocycles. The Bertz CT molecular complexity index is 2430. The highest BCUT2D eigenvalue weighted by atomic mass is 35.5. The Kier molecular flexibility index (Phi) is 15.1. The number of hydrogen-bond donors (Lipinski definition) is 0. The molecule has 384 valence electrons. The predicted octanol–water partition coefficient (Wildman–Crippen LogP) is 13.0. The summed E-state index contributed by atoms with van der Waals surface area (Å²) < 4.78 is 343. The van der Waals surface area contributed by atoms with Crippen LogP contribution in [-0.2, 0) is 49.4 Å². The van der Waals surface area contributed by atoms with Crippen LogP contribution in [0.5, 0.6) is 0 Å². The van der Waals surface area contributed by atoms with Crippen molar-refractivity contribution in [3.8, 4) is 0 Å². The molecule has 0 aliphatic heterocycles. The van der Waals surface area contributed by atoms with Crippen LogP contribution in [-0.4, -0.2) is 18.6 Å². The lowest BCUT2D eigenvalue weighted by Crippen LogP contribution is -2.75. The van der Waals surface area contributed by atoms with E-state index in [1.54, 1.807) is 4.73 Å². The molecular weight excluding hydrogens is 1050 g/mol. The monoisotopic (exact) mass is 1070 g/mol. The largest absolute Gasteiger partial charge is 0.416 e. The summed E-state index contributed by atoms with van der Waals surface area (Å²) in [6.07, 6.45) is -52.9. The first-order valence-electron chi connectivity index (χ1n) is 19.1. The van der Waals surface area contributed by atoms with E-state index in [2.05, 4.69) is 12.1 Å². The van der Waals surface area contributed by atoms with Gasteiger partial charge < -0.3 is 0 Å². The number of halogens is 25. The molecule has 0 fully saturated rings. The highest BCUT2D eigenvalue weighted by Crippen LogP contribution is 2.41. The number of nitrogens with zero attached hydrogens (tertiary/aromatic N) is 1. The Hall–Kier alpha value is -6.02. The molecule has 28 heteroatoms. The Labute approximate surface area is 386 Å². The maximum Gasteiger partial charge on any atom is 0.416 e. The van der Waals surface area contributed by atoms with Crippen molar-refractivity contribution < 1.29 is 115 Å². The summed E-state index contributed by atoms with van der Waals surface area (Å²) in [7, 11) is 0. The van der Waals surface area contributed by atoms with Crippen LogP contribution in [0.1, 0.15) is 44.5 Å². The number of aromatic nitrogens is 1. The fraction of sp³-hybridized carbons (Fsp3) is 0.233. The zero-order valence-electron chi connectivity index (χ0n) is 34.3. The van der Waals surface area contributed by atoms with Crippen molar-refractivity contribution >= 4 is 50.5 Å². The zero-order chi connectivity index (χ0) is 53.7. The van der Waals surface area contributed by atoms with Crippen molar-refractivity contribution in [3.05, 3.63) is 160 Å². The minimum Gasteiger partial charge on any atom is -0.270 e. The molecule has 0 unspecified atom stereocenters. The van der Waals surface area contributed by atoms with Crippen molar-refractivity contribution in [3.63, 3.8) is 0 Å². The molecule has 6 aromatic rings. The Morgan fingerprint density at radius 2 is 0.592 bits per heavy atom. The topological polar surface area (TPSA) is 13.1 Å². The molecule has 71 heavy (non-hydrogen) atoms. The van der Waals surface area contributed by atoms with E-state index >= 15 is 0 Å². The Morgan fingerprint density at radius 1 is 0.352 bits per heavy atom. The van der Waals surface area contributed by atoms with Crippen LogP contribution in [0.25, 0.3) is 10.9 Å². The molecule has 1 heterocycles. The normalized spacial score (nSPS) is 13.5. The Balaban J connectivity index is 0.000000569. The smallest absolute Gasteiger partial charge is 0.270 e. The molecule has 5 aromatic carbocycles. The van der Waals surface area contributed by atoms with Crippen molar-refractivity contribution in [1.82, 2.24) is 0 Å². The van der Waals surface area contributed by atoms with Crippen LogP contribution in [0.2, 0.25) is 0 Å². The molecule has 0 bridgehead atoms. The van der Waals surface area contributed by atoms with Crippen LogP contribution in [0.4, 0.5) is 105 Å². The van der Waals surface area contributed by atoms with Gasteiger partial charge in [0.1, 0.15) is 6.15 Å². The molecule has 0 saturated carbocycles. The van der Waals surface area contributed by atoms with E-state index in [9.17, 15) is 105 Å². The van der Waals surface area contributed by atoms with Crippen LogP contribution < -0.4 is 31.4 Å². The first-order chi connectivity index (χ1) is 32.2. The fourth-order valence-electron chi connectivity index (χ4n) is 7.45. The van der Waals surface area contributed by atoms with E-state index in [4.69, 9.17) is 16.4 Å². The first-order valence-corrected chi connectivity index (χ1v) is 19.7. The lowest BCUT2D eigenvalue weighted by atomic mass is 9.12. The molecule has 0 atom stereocenters. The van der Waals surface area contributed by atoms with Crippen LogP contribution in [0.3, 0.4) is 0 Å². The number of rotatable bonds is 7. The molecule has 6 rings (SSSR count). The maximum absolute atomic E-state index is 14.2. The van der Waals surface area contributed by atoms with Crippen LogP contribution in [0.15, 0.2) is 115 Å². The van der Waals surface area contributed by atoms with E-state index in [-0.39, 0.29) is 0 Å². The lowest BCUT2D eigenvalue weighted by molar-refractivity contribution is -0.870. The number of para-hydroxylation sites is 1. The summed E-state index contributed by atoms with van der Waals surface area (Å²) in [6.45, 7) is 0.514. The van der Waals surface area contributed by atoms with E-state index in [0.717, 1.165) is 10.9 Å². The molecule has 0 saturated heterocycles. The summed E-state index contributed by atoms with van der Waals surface area (Å²) in [4.78, 5) is 5.45. The van der Waals surface area contributed by atoms with Crippen LogP contribution in [0, 0.1) is 0 Å². The van der Waals surface area contributed by atoms with Gasteiger partial charge in [0.2, 0.25) is 6.20 Å². The maximum atomic E-state index is 14.2. The zero-order valence-corrected chi connectivity index (χ0v) is 35.0. The molecule has 0 spiro atoms. The Morgan fingerprint density at radius 3 is 0.831 bits per heavy atom. The third-order valence-electron chi connectivity index (χ3n) is 10.4. The van der Waals surface area contributed by atoms with Crippen molar-refractivity contribution in [2.75, 3.05) is 12.5 Å². The van der Waals surface area contributed by atoms with Crippen molar-refractivity contribution in [2.45, 2.75) is 49.4 Å². The lowest BCUT2D eigenvalue weighted by Gasteiger charge is -2.46. The molecule has 0 aliphatic rings. The number of pyridine rings is 1. The van der Waals surface area contributed by atoms with E-state index < -0.39 is 195 Å². The van der Waals surface area contributed by atoms with Crippen LogP contribution >= 0.6 is 11.6 Å². The highest BCUT2D eigenvalue weighted by molar-refractivity contribution is 7.20. The van der Waals surface area contributed by atoms with E-state index in [1.165, 1.54) is 0 Å². The second-order valence-corrected chi connectivity index (χ2v) is 15.5. The second-order valence-electron chi connectivity index (χ2n) is 15.1. The molecule has 0 radical (unpaired) electrons. The minimum atomic E-state index is -6.13. The molecule has 0 N–H and O–H groups in total. The van der Waals surface area contributed by atoms with Crippen molar-refractivity contribution in [1.29, 1.82) is 0 Å². The summed E-state index contributed by atoms with van der Waals surface area (Å²) in [5.74, 6) is 0.496. The quantitative estimate of drug-likeness (QED) is 0.0672. The molecule has 0 aliphatic carbocycles. The van der Waals surface area contributed by atoms with Gasteiger partial charge in [-0.1, -0.05) is 60.7 Å². The molecule has 0 amide bonds.